The number of ether oxygens (including phenoxy) is 1. The van der Waals surface area contributed by atoms with Crippen LogP contribution < -0.4 is 4.74 Å². The van der Waals surface area contributed by atoms with Crippen molar-refractivity contribution in [3.63, 3.8) is 0 Å². The molecule has 0 N–H and O–H groups in total. The molecule has 2 saturated heterocycles. The highest BCUT2D eigenvalue weighted by molar-refractivity contribution is 6.30. The third-order valence-corrected chi connectivity index (χ3v) is 6.75. The molecule has 1 aromatic heterocycles. The number of carbonyl (C=O) groups is 2. The van der Waals surface area contributed by atoms with Crippen molar-refractivity contribution in [3.05, 3.63) is 47.1 Å². The molecule has 3 heterocycles. The van der Waals surface area contributed by atoms with E-state index in [1.165, 1.54) is 6.26 Å². The number of benzene rings is 1. The van der Waals surface area contributed by atoms with E-state index in [9.17, 15) is 9.59 Å². The third-order valence-electron chi connectivity index (χ3n) is 6.51. The number of hydrogen-bond acceptors (Lipinski definition) is 6. The van der Waals surface area contributed by atoms with Crippen molar-refractivity contribution >= 4 is 23.4 Å². The monoisotopic (exact) mass is 474 g/mol. The number of carbonyl (C=O) groups excluding carboxylic acids is 2. The van der Waals surface area contributed by atoms with Crippen molar-refractivity contribution in [1.82, 2.24) is 19.7 Å². The Morgan fingerprint density at radius 1 is 1.18 bits per heavy atom. The fourth-order valence-electron chi connectivity index (χ4n) is 4.60. The molecule has 178 valence electrons. The van der Waals surface area contributed by atoms with E-state index in [-0.39, 0.29) is 11.8 Å². The first kappa shape index (κ1) is 23.6. The van der Waals surface area contributed by atoms with Crippen LogP contribution in [0.4, 0.5) is 0 Å². The molecule has 0 aliphatic carbocycles. The highest BCUT2D eigenvalue weighted by Crippen LogP contribution is 2.36. The summed E-state index contributed by atoms with van der Waals surface area (Å²) in [5.74, 6) is 1.05. The number of aryl methyl sites for hydroxylation is 1. The van der Waals surface area contributed by atoms with Gasteiger partial charge in [0.25, 0.3) is 5.91 Å². The van der Waals surface area contributed by atoms with Crippen LogP contribution in [-0.2, 0) is 4.79 Å². The Balaban J connectivity index is 1.52. The van der Waals surface area contributed by atoms with Crippen LogP contribution in [0.15, 0.2) is 34.9 Å². The average molecular weight is 475 g/mol. The van der Waals surface area contributed by atoms with E-state index in [1.807, 2.05) is 17.0 Å². The van der Waals surface area contributed by atoms with Gasteiger partial charge >= 0.3 is 0 Å². The highest BCUT2D eigenvalue weighted by atomic mass is 35.5. The van der Waals surface area contributed by atoms with Gasteiger partial charge < -0.3 is 23.9 Å². The number of halogens is 1. The number of oxazole rings is 1. The Morgan fingerprint density at radius 3 is 2.67 bits per heavy atom. The molecule has 2 aliphatic heterocycles. The number of likely N-dealkylation sites (tertiary alicyclic amines) is 1. The van der Waals surface area contributed by atoms with Gasteiger partial charge in [-0.3, -0.25) is 9.59 Å². The zero-order valence-electron chi connectivity index (χ0n) is 19.3. The number of likely N-dealkylation sites (N-methyl/N-ethyl adjacent to an activating group) is 1. The lowest BCUT2D eigenvalue weighted by molar-refractivity contribution is -0.137. The number of hydrogen-bond donors (Lipinski definition) is 0. The fourth-order valence-corrected chi connectivity index (χ4v) is 4.78. The molecule has 0 radical (unpaired) electrons. The summed E-state index contributed by atoms with van der Waals surface area (Å²) in [6, 6.07) is 7.25. The molecule has 2 aliphatic rings. The van der Waals surface area contributed by atoms with Crippen molar-refractivity contribution in [2.24, 2.45) is 5.41 Å². The van der Waals surface area contributed by atoms with Gasteiger partial charge in [0.1, 0.15) is 12.0 Å². The molecule has 2 aromatic rings. The predicted molar refractivity (Wildman–Crippen MR) is 124 cm³/mol. The van der Waals surface area contributed by atoms with E-state index in [0.717, 1.165) is 39.0 Å². The van der Waals surface area contributed by atoms with Crippen LogP contribution in [0, 0.1) is 12.3 Å². The smallest absolute Gasteiger partial charge is 0.275 e. The summed E-state index contributed by atoms with van der Waals surface area (Å²) >= 11 is 6.12. The van der Waals surface area contributed by atoms with E-state index in [0.29, 0.717) is 48.5 Å². The van der Waals surface area contributed by atoms with E-state index in [1.54, 1.807) is 24.0 Å². The third kappa shape index (κ3) is 5.86. The molecule has 8 nitrogen and oxygen atoms in total. The second kappa shape index (κ2) is 10.1. The lowest BCUT2D eigenvalue weighted by atomic mass is 9.77. The molecular weight excluding hydrogens is 444 g/mol. The van der Waals surface area contributed by atoms with Crippen molar-refractivity contribution in [2.75, 3.05) is 52.9 Å². The Morgan fingerprint density at radius 2 is 1.97 bits per heavy atom. The van der Waals surface area contributed by atoms with Gasteiger partial charge in [0.2, 0.25) is 5.91 Å². The summed E-state index contributed by atoms with van der Waals surface area (Å²) in [5.41, 5.74) is -0.195. The Bertz CT molecular complexity index is 988. The van der Waals surface area contributed by atoms with Crippen molar-refractivity contribution in [2.45, 2.75) is 26.2 Å². The summed E-state index contributed by atoms with van der Waals surface area (Å²) < 4.78 is 11.4. The second-order valence-corrected chi connectivity index (χ2v) is 9.63. The number of rotatable bonds is 6. The predicted octanol–water partition coefficient (Wildman–Crippen LogP) is 3.10. The summed E-state index contributed by atoms with van der Waals surface area (Å²) in [5, 5.41) is 0.594. The largest absolute Gasteiger partial charge is 0.493 e. The van der Waals surface area contributed by atoms with Gasteiger partial charge in [-0.25, -0.2) is 4.98 Å². The number of aromatic nitrogens is 1. The summed E-state index contributed by atoms with van der Waals surface area (Å²) in [7, 11) is 2.07. The first-order valence-electron chi connectivity index (χ1n) is 11.4. The summed E-state index contributed by atoms with van der Waals surface area (Å²) in [4.78, 5) is 36.5. The van der Waals surface area contributed by atoms with Gasteiger partial charge in [-0.15, -0.1) is 0 Å². The van der Waals surface area contributed by atoms with E-state index in [2.05, 4.69) is 16.9 Å². The Kier molecular flexibility index (Phi) is 7.24. The minimum absolute atomic E-state index is 0.115. The second-order valence-electron chi connectivity index (χ2n) is 9.19. The maximum Gasteiger partial charge on any atom is 0.275 e. The van der Waals surface area contributed by atoms with Gasteiger partial charge in [0.15, 0.2) is 11.6 Å². The lowest BCUT2D eigenvalue weighted by Crippen LogP contribution is -2.53. The Labute approximate surface area is 199 Å². The number of amides is 2. The molecule has 1 aromatic carbocycles. The topological polar surface area (TPSA) is 79.1 Å². The number of piperidine rings is 1. The van der Waals surface area contributed by atoms with Crippen LogP contribution in [0.3, 0.4) is 0 Å². The van der Waals surface area contributed by atoms with Crippen LogP contribution in [0.1, 0.15) is 35.6 Å². The van der Waals surface area contributed by atoms with E-state index >= 15 is 0 Å². The molecule has 33 heavy (non-hydrogen) atoms. The SMILES string of the molecule is Cc1nc(C(=O)N2CCCC(COc3cccc(Cl)c3)(CC(=O)N3CCN(C)CC3)C2)co1. The van der Waals surface area contributed by atoms with Crippen LogP contribution in [0.5, 0.6) is 5.75 Å². The maximum absolute atomic E-state index is 13.3. The minimum Gasteiger partial charge on any atom is -0.493 e. The van der Waals surface area contributed by atoms with Crippen LogP contribution in [-0.4, -0.2) is 84.4 Å². The quantitative estimate of drug-likeness (QED) is 0.640. The standard InChI is InChI=1S/C24H31ClN4O4/c1-18-26-21(15-32-18)23(31)29-8-4-7-24(16-29,17-33-20-6-3-5-19(25)13-20)14-22(30)28-11-9-27(2)10-12-28/h3,5-6,13,15H,4,7-12,14,16-17H2,1-2H3. The van der Waals surface area contributed by atoms with Gasteiger partial charge in [0.05, 0.1) is 6.61 Å². The van der Waals surface area contributed by atoms with Crippen LogP contribution >= 0.6 is 11.6 Å². The van der Waals surface area contributed by atoms with Crippen molar-refractivity contribution < 1.29 is 18.7 Å². The normalized spacial score (nSPS) is 21.8. The Hall–Kier alpha value is -2.58. The zero-order valence-corrected chi connectivity index (χ0v) is 20.0. The highest BCUT2D eigenvalue weighted by Gasteiger charge is 2.41. The molecule has 0 spiro atoms. The molecule has 4 rings (SSSR count). The molecule has 0 saturated carbocycles. The molecule has 1 atom stereocenters. The van der Waals surface area contributed by atoms with Crippen LogP contribution in [0.25, 0.3) is 0 Å². The molecule has 2 fully saturated rings. The van der Waals surface area contributed by atoms with Crippen molar-refractivity contribution in [1.29, 1.82) is 0 Å². The van der Waals surface area contributed by atoms with Gasteiger partial charge in [0, 0.05) is 63.1 Å². The van der Waals surface area contributed by atoms with Crippen molar-refractivity contribution in [3.8, 4) is 5.75 Å². The molecule has 0 bridgehead atoms. The number of nitrogens with zero attached hydrogens (tertiary/aromatic N) is 4. The first-order valence-corrected chi connectivity index (χ1v) is 11.8. The molecular formula is C24H31ClN4O4. The summed E-state index contributed by atoms with van der Waals surface area (Å²) in [6.07, 6.45) is 3.32. The number of piperazine rings is 1. The van der Waals surface area contributed by atoms with Gasteiger partial charge in [-0.2, -0.15) is 0 Å². The lowest BCUT2D eigenvalue weighted by Gasteiger charge is -2.43. The average Bonchev–Trinajstić information content (AvgIpc) is 3.24. The molecule has 1 unspecified atom stereocenters. The van der Waals surface area contributed by atoms with E-state index in [4.69, 9.17) is 20.8 Å². The minimum atomic E-state index is -0.491. The first-order chi connectivity index (χ1) is 15.8. The van der Waals surface area contributed by atoms with Gasteiger partial charge in [-0.1, -0.05) is 17.7 Å². The maximum atomic E-state index is 13.3. The van der Waals surface area contributed by atoms with Crippen LogP contribution in [0.2, 0.25) is 5.02 Å². The summed E-state index contributed by atoms with van der Waals surface area (Å²) in [6.45, 7) is 6.27. The zero-order chi connectivity index (χ0) is 23.4. The van der Waals surface area contributed by atoms with E-state index < -0.39 is 5.41 Å². The fraction of sp³-hybridized carbons (Fsp3) is 0.542. The molecule has 2 amide bonds. The van der Waals surface area contributed by atoms with Gasteiger partial charge in [-0.05, 0) is 38.1 Å². The molecule has 9 heteroatoms.